The molecule has 8 heteroatoms. The van der Waals surface area contributed by atoms with Gasteiger partial charge in [-0.05, 0) is 44.1 Å². The Labute approximate surface area is 148 Å². The van der Waals surface area contributed by atoms with Gasteiger partial charge in [-0.1, -0.05) is 16.5 Å². The van der Waals surface area contributed by atoms with Gasteiger partial charge in [0.25, 0.3) is 5.91 Å². The summed E-state index contributed by atoms with van der Waals surface area (Å²) < 4.78 is 11.4. The summed E-state index contributed by atoms with van der Waals surface area (Å²) >= 11 is 1.39. The lowest BCUT2D eigenvalue weighted by molar-refractivity contribution is 0.101. The van der Waals surface area contributed by atoms with Gasteiger partial charge in [0.15, 0.2) is 16.6 Å². The van der Waals surface area contributed by atoms with Crippen LogP contribution in [0.1, 0.15) is 29.1 Å². The Morgan fingerprint density at radius 3 is 3.00 bits per heavy atom. The van der Waals surface area contributed by atoms with Crippen LogP contribution < -0.4 is 10.1 Å². The zero-order chi connectivity index (χ0) is 17.2. The number of anilines is 1. The van der Waals surface area contributed by atoms with E-state index in [0.29, 0.717) is 17.4 Å². The SMILES string of the molecule is COc1ccc2nc(NC(=O)c3cc(CN4CCCC4)on3)sc2c1. The summed E-state index contributed by atoms with van der Waals surface area (Å²) in [5, 5.41) is 7.19. The molecular weight excluding hydrogens is 340 g/mol. The molecule has 1 aliphatic rings. The topological polar surface area (TPSA) is 80.5 Å². The number of amides is 1. The summed E-state index contributed by atoms with van der Waals surface area (Å²) in [6.45, 7) is 2.83. The number of carbonyl (C=O) groups is 1. The van der Waals surface area contributed by atoms with Crippen molar-refractivity contribution in [2.24, 2.45) is 0 Å². The van der Waals surface area contributed by atoms with E-state index in [4.69, 9.17) is 9.26 Å². The van der Waals surface area contributed by atoms with Gasteiger partial charge in [0, 0.05) is 6.07 Å². The van der Waals surface area contributed by atoms with Crippen molar-refractivity contribution in [1.82, 2.24) is 15.0 Å². The van der Waals surface area contributed by atoms with E-state index in [-0.39, 0.29) is 11.6 Å². The van der Waals surface area contributed by atoms with E-state index in [2.05, 4.69) is 20.4 Å². The minimum atomic E-state index is -0.317. The third-order valence-electron chi connectivity index (χ3n) is 4.19. The lowest BCUT2D eigenvalue weighted by atomic mass is 10.3. The zero-order valence-electron chi connectivity index (χ0n) is 13.8. The molecular formula is C17H18N4O3S. The van der Waals surface area contributed by atoms with Gasteiger partial charge in [-0.2, -0.15) is 0 Å². The van der Waals surface area contributed by atoms with Gasteiger partial charge in [-0.25, -0.2) is 4.98 Å². The first-order valence-corrected chi connectivity index (χ1v) is 8.97. The van der Waals surface area contributed by atoms with Crippen molar-refractivity contribution in [1.29, 1.82) is 0 Å². The summed E-state index contributed by atoms with van der Waals surface area (Å²) in [5.41, 5.74) is 1.09. The standard InChI is InChI=1S/C17H18N4O3S/c1-23-11-4-5-13-15(9-11)25-17(18-13)19-16(22)14-8-12(24-20-14)10-21-6-2-3-7-21/h4-5,8-9H,2-3,6-7,10H2,1H3,(H,18,19,22). The summed E-state index contributed by atoms with van der Waals surface area (Å²) in [5.74, 6) is 1.15. The highest BCUT2D eigenvalue weighted by Crippen LogP contribution is 2.29. The normalized spacial score (nSPS) is 14.9. The number of thiazole rings is 1. The van der Waals surface area contributed by atoms with E-state index in [9.17, 15) is 4.79 Å². The molecule has 0 atom stereocenters. The quantitative estimate of drug-likeness (QED) is 0.755. The number of ether oxygens (including phenoxy) is 1. The Morgan fingerprint density at radius 2 is 2.20 bits per heavy atom. The van der Waals surface area contributed by atoms with Crippen molar-refractivity contribution >= 4 is 32.6 Å². The van der Waals surface area contributed by atoms with Crippen molar-refractivity contribution in [2.45, 2.75) is 19.4 Å². The van der Waals surface area contributed by atoms with E-state index in [1.807, 2.05) is 18.2 Å². The molecule has 0 radical (unpaired) electrons. The Balaban J connectivity index is 1.45. The van der Waals surface area contributed by atoms with Crippen molar-refractivity contribution in [3.63, 3.8) is 0 Å². The highest BCUT2D eigenvalue weighted by atomic mass is 32.1. The number of fused-ring (bicyclic) bond motifs is 1. The molecule has 0 saturated carbocycles. The molecule has 1 aliphatic heterocycles. The Morgan fingerprint density at radius 1 is 1.36 bits per heavy atom. The number of aromatic nitrogens is 2. The van der Waals surface area contributed by atoms with Crippen molar-refractivity contribution in [3.8, 4) is 5.75 Å². The number of likely N-dealkylation sites (tertiary alicyclic amines) is 1. The molecule has 1 fully saturated rings. The number of rotatable bonds is 5. The molecule has 3 aromatic rings. The third-order valence-corrected chi connectivity index (χ3v) is 5.12. The maximum Gasteiger partial charge on any atom is 0.279 e. The molecule has 3 heterocycles. The molecule has 130 valence electrons. The highest BCUT2D eigenvalue weighted by Gasteiger charge is 2.18. The van der Waals surface area contributed by atoms with Gasteiger partial charge < -0.3 is 9.26 Å². The van der Waals surface area contributed by atoms with Gasteiger partial charge >= 0.3 is 0 Å². The van der Waals surface area contributed by atoms with E-state index >= 15 is 0 Å². The maximum atomic E-state index is 12.4. The Kier molecular flexibility index (Phi) is 4.37. The molecule has 1 saturated heterocycles. The molecule has 0 unspecified atom stereocenters. The van der Waals surface area contributed by atoms with Crippen LogP contribution in [0.15, 0.2) is 28.8 Å². The molecule has 4 rings (SSSR count). The number of nitrogens with one attached hydrogen (secondary N) is 1. The lowest BCUT2D eigenvalue weighted by Gasteiger charge is -2.10. The lowest BCUT2D eigenvalue weighted by Crippen LogP contribution is -2.17. The smallest absolute Gasteiger partial charge is 0.279 e. The first-order valence-electron chi connectivity index (χ1n) is 8.15. The summed E-state index contributed by atoms with van der Waals surface area (Å²) in [7, 11) is 1.62. The van der Waals surface area contributed by atoms with Crippen LogP contribution in [0.4, 0.5) is 5.13 Å². The van der Waals surface area contributed by atoms with Gasteiger partial charge in [-0.3, -0.25) is 15.0 Å². The first kappa shape index (κ1) is 16.0. The number of nitrogens with zero attached hydrogens (tertiary/aromatic N) is 3. The number of hydrogen-bond donors (Lipinski definition) is 1. The summed E-state index contributed by atoms with van der Waals surface area (Å²) in [6.07, 6.45) is 2.42. The average molecular weight is 358 g/mol. The first-order chi connectivity index (χ1) is 12.2. The predicted molar refractivity (Wildman–Crippen MR) is 95.1 cm³/mol. The fraction of sp³-hybridized carbons (Fsp3) is 0.353. The molecule has 1 N–H and O–H groups in total. The Bertz CT molecular complexity index is 898. The van der Waals surface area contributed by atoms with Crippen molar-refractivity contribution in [3.05, 3.63) is 35.7 Å². The number of methoxy groups -OCH3 is 1. The van der Waals surface area contributed by atoms with Crippen LogP contribution in [0.25, 0.3) is 10.2 Å². The van der Waals surface area contributed by atoms with E-state index in [0.717, 1.165) is 29.1 Å². The van der Waals surface area contributed by atoms with Gasteiger partial charge in [-0.15, -0.1) is 0 Å². The second-order valence-electron chi connectivity index (χ2n) is 5.97. The molecule has 0 spiro atoms. The molecule has 1 amide bonds. The molecule has 25 heavy (non-hydrogen) atoms. The number of benzene rings is 1. The van der Waals surface area contributed by atoms with E-state index in [1.54, 1.807) is 13.2 Å². The van der Waals surface area contributed by atoms with Crippen LogP contribution in [-0.4, -0.2) is 41.1 Å². The minimum Gasteiger partial charge on any atom is -0.497 e. The van der Waals surface area contributed by atoms with Gasteiger partial charge in [0.05, 0.1) is 23.9 Å². The second kappa shape index (κ2) is 6.81. The van der Waals surface area contributed by atoms with Crippen LogP contribution in [0.5, 0.6) is 5.75 Å². The maximum absolute atomic E-state index is 12.4. The third kappa shape index (κ3) is 3.49. The largest absolute Gasteiger partial charge is 0.497 e. The Hall–Kier alpha value is -2.45. The van der Waals surface area contributed by atoms with Crippen LogP contribution in [-0.2, 0) is 6.54 Å². The van der Waals surface area contributed by atoms with Gasteiger partial charge in [0.1, 0.15) is 5.75 Å². The van der Waals surface area contributed by atoms with Crippen molar-refractivity contribution in [2.75, 3.05) is 25.5 Å². The monoisotopic (exact) mass is 358 g/mol. The molecule has 2 aromatic heterocycles. The minimum absolute atomic E-state index is 0.269. The molecule has 1 aromatic carbocycles. The van der Waals surface area contributed by atoms with Crippen LogP contribution in [0.2, 0.25) is 0 Å². The van der Waals surface area contributed by atoms with Gasteiger partial charge in [0.2, 0.25) is 0 Å². The average Bonchev–Trinajstić information content (AvgIpc) is 3.34. The molecule has 0 aliphatic carbocycles. The fourth-order valence-corrected chi connectivity index (χ4v) is 3.79. The van der Waals surface area contributed by atoms with Crippen LogP contribution >= 0.6 is 11.3 Å². The number of hydrogen-bond acceptors (Lipinski definition) is 7. The van der Waals surface area contributed by atoms with E-state index < -0.39 is 0 Å². The van der Waals surface area contributed by atoms with Crippen LogP contribution in [0, 0.1) is 0 Å². The summed E-state index contributed by atoms with van der Waals surface area (Å²) in [6, 6.07) is 7.30. The summed E-state index contributed by atoms with van der Waals surface area (Å²) in [4.78, 5) is 19.1. The number of carbonyl (C=O) groups excluding carboxylic acids is 1. The zero-order valence-corrected chi connectivity index (χ0v) is 14.6. The fourth-order valence-electron chi connectivity index (χ4n) is 2.90. The van der Waals surface area contributed by atoms with Crippen LogP contribution in [0.3, 0.4) is 0 Å². The predicted octanol–water partition coefficient (Wildman–Crippen LogP) is 3.14. The second-order valence-corrected chi connectivity index (χ2v) is 7.00. The van der Waals surface area contributed by atoms with Crippen molar-refractivity contribution < 1.29 is 14.1 Å². The highest BCUT2D eigenvalue weighted by molar-refractivity contribution is 7.22. The molecule has 0 bridgehead atoms. The molecule has 7 nitrogen and oxygen atoms in total. The van der Waals surface area contributed by atoms with E-state index in [1.165, 1.54) is 24.2 Å².